The molecule has 0 bridgehead atoms. The molecule has 2 aromatic rings. The minimum atomic E-state index is -0.608. The first-order valence-electron chi connectivity index (χ1n) is 11.6. The third-order valence-corrected chi connectivity index (χ3v) is 4.43. The highest BCUT2D eigenvalue weighted by Crippen LogP contribution is 2.14. The molecule has 0 radical (unpaired) electrons. The summed E-state index contributed by atoms with van der Waals surface area (Å²) in [6.45, 7) is 12.0. The molecule has 35 heavy (non-hydrogen) atoms. The molecule has 0 fully saturated rings. The van der Waals surface area contributed by atoms with E-state index in [1.165, 1.54) is 0 Å². The number of hydrogen-bond donors (Lipinski definition) is 2. The number of pyridine rings is 1. The number of amides is 3. The van der Waals surface area contributed by atoms with Crippen molar-refractivity contribution < 1.29 is 23.9 Å². The van der Waals surface area contributed by atoms with Crippen LogP contribution >= 0.6 is 0 Å². The Morgan fingerprint density at radius 2 is 1.60 bits per heavy atom. The first-order chi connectivity index (χ1) is 16.3. The van der Waals surface area contributed by atoms with Crippen LogP contribution in [0.25, 0.3) is 0 Å². The number of benzene rings is 1. The van der Waals surface area contributed by atoms with Gasteiger partial charge in [0.1, 0.15) is 11.2 Å². The lowest BCUT2D eigenvalue weighted by molar-refractivity contribution is 0.0231. The summed E-state index contributed by atoms with van der Waals surface area (Å²) in [6, 6.07) is 10.2. The van der Waals surface area contributed by atoms with Gasteiger partial charge in [0.2, 0.25) is 0 Å². The van der Waals surface area contributed by atoms with Gasteiger partial charge in [0, 0.05) is 36.7 Å². The van der Waals surface area contributed by atoms with Crippen LogP contribution in [0.3, 0.4) is 0 Å². The van der Waals surface area contributed by atoms with Crippen LogP contribution in [0.15, 0.2) is 48.8 Å². The summed E-state index contributed by atoms with van der Waals surface area (Å²) in [7, 11) is 0. The maximum Gasteiger partial charge on any atom is 0.412 e. The molecule has 1 aromatic carbocycles. The normalized spacial score (nSPS) is 11.4. The fraction of sp³-hybridized carbons (Fsp3) is 0.462. The predicted molar refractivity (Wildman–Crippen MR) is 134 cm³/mol. The van der Waals surface area contributed by atoms with E-state index >= 15 is 0 Å². The molecule has 1 heterocycles. The second-order valence-corrected chi connectivity index (χ2v) is 10.1. The van der Waals surface area contributed by atoms with E-state index in [9.17, 15) is 14.4 Å². The van der Waals surface area contributed by atoms with E-state index in [-0.39, 0.29) is 5.91 Å². The van der Waals surface area contributed by atoms with Crippen molar-refractivity contribution in [3.63, 3.8) is 0 Å². The van der Waals surface area contributed by atoms with Gasteiger partial charge in [0.15, 0.2) is 0 Å². The average molecular weight is 485 g/mol. The lowest BCUT2D eigenvalue weighted by Crippen LogP contribution is -2.38. The molecule has 190 valence electrons. The minimum absolute atomic E-state index is 0.245. The van der Waals surface area contributed by atoms with E-state index in [4.69, 9.17) is 9.47 Å². The van der Waals surface area contributed by atoms with Crippen LogP contribution in [0.1, 0.15) is 63.9 Å². The van der Waals surface area contributed by atoms with Gasteiger partial charge in [0.05, 0.1) is 6.54 Å². The number of anilines is 1. The van der Waals surface area contributed by atoms with Crippen molar-refractivity contribution in [1.82, 2.24) is 15.2 Å². The zero-order valence-electron chi connectivity index (χ0n) is 21.4. The van der Waals surface area contributed by atoms with Gasteiger partial charge in [-0.05, 0) is 83.9 Å². The van der Waals surface area contributed by atoms with Crippen LogP contribution in [0, 0.1) is 0 Å². The van der Waals surface area contributed by atoms with E-state index in [1.807, 2.05) is 32.9 Å². The number of nitrogens with one attached hydrogen (secondary N) is 2. The summed E-state index contributed by atoms with van der Waals surface area (Å²) < 4.78 is 10.7. The molecule has 0 spiro atoms. The SMILES string of the molecule is CC(C)(C)OC(=O)Nc1ccc(C(=O)NCCCN(Cc2cccnc2)C(=O)OC(C)(C)C)cc1. The van der Waals surface area contributed by atoms with E-state index < -0.39 is 23.4 Å². The van der Waals surface area contributed by atoms with Crippen molar-refractivity contribution >= 4 is 23.8 Å². The molecule has 2 rings (SSSR count). The van der Waals surface area contributed by atoms with Crippen LogP contribution in [-0.2, 0) is 16.0 Å². The number of ether oxygens (including phenoxy) is 2. The first kappa shape index (κ1) is 27.6. The zero-order valence-corrected chi connectivity index (χ0v) is 21.4. The highest BCUT2D eigenvalue weighted by molar-refractivity contribution is 5.95. The third kappa shape index (κ3) is 10.9. The summed E-state index contributed by atoms with van der Waals surface area (Å²) in [6.07, 6.45) is 2.96. The van der Waals surface area contributed by atoms with E-state index in [1.54, 1.807) is 62.3 Å². The van der Waals surface area contributed by atoms with E-state index in [0.717, 1.165) is 5.56 Å². The Hall–Kier alpha value is -3.62. The quantitative estimate of drug-likeness (QED) is 0.511. The van der Waals surface area contributed by atoms with Crippen LogP contribution in [0.2, 0.25) is 0 Å². The summed E-state index contributed by atoms with van der Waals surface area (Å²) >= 11 is 0. The highest BCUT2D eigenvalue weighted by Gasteiger charge is 2.22. The Balaban J connectivity index is 1.86. The second-order valence-electron chi connectivity index (χ2n) is 10.1. The number of hydrogen-bond acceptors (Lipinski definition) is 6. The Labute approximate surface area is 207 Å². The molecule has 0 atom stereocenters. The largest absolute Gasteiger partial charge is 0.444 e. The predicted octanol–water partition coefficient (Wildman–Crippen LogP) is 4.99. The molecule has 3 amide bonds. The fourth-order valence-electron chi connectivity index (χ4n) is 2.97. The number of nitrogens with zero attached hydrogens (tertiary/aromatic N) is 2. The lowest BCUT2D eigenvalue weighted by Gasteiger charge is -2.27. The Morgan fingerprint density at radius 3 is 2.17 bits per heavy atom. The Morgan fingerprint density at radius 1 is 0.943 bits per heavy atom. The molecule has 0 aliphatic heterocycles. The van der Waals surface area contributed by atoms with Crippen LogP contribution < -0.4 is 10.6 Å². The zero-order chi connectivity index (χ0) is 26.1. The average Bonchev–Trinajstić information content (AvgIpc) is 2.74. The standard InChI is InChI=1S/C26H36N4O5/c1-25(2,3)34-23(32)29-21-12-10-20(11-13-21)22(31)28-15-8-16-30(24(33)35-26(4,5)6)18-19-9-7-14-27-17-19/h7,9-14,17H,8,15-16,18H2,1-6H3,(H,28,31)(H,29,32). The van der Waals surface area contributed by atoms with Gasteiger partial charge >= 0.3 is 12.2 Å². The molecular formula is C26H36N4O5. The summed E-state index contributed by atoms with van der Waals surface area (Å²) in [5.74, 6) is -0.245. The van der Waals surface area contributed by atoms with E-state index in [2.05, 4.69) is 15.6 Å². The number of carbonyl (C=O) groups excluding carboxylic acids is 3. The van der Waals surface area contributed by atoms with Crippen LogP contribution in [0.5, 0.6) is 0 Å². The summed E-state index contributed by atoms with van der Waals surface area (Å²) in [5, 5.41) is 5.48. The molecule has 9 heteroatoms. The van der Waals surface area contributed by atoms with E-state index in [0.29, 0.717) is 37.3 Å². The van der Waals surface area contributed by atoms with Crippen LogP contribution in [-0.4, -0.2) is 52.3 Å². The van der Waals surface area contributed by atoms with Crippen molar-refractivity contribution in [2.24, 2.45) is 0 Å². The topological polar surface area (TPSA) is 110 Å². The number of aromatic nitrogens is 1. The number of carbonyl (C=O) groups is 3. The first-order valence-corrected chi connectivity index (χ1v) is 11.6. The molecule has 0 aliphatic rings. The molecule has 0 saturated heterocycles. The van der Waals surface area contributed by atoms with Crippen molar-refractivity contribution in [3.05, 3.63) is 59.9 Å². The molecule has 1 aromatic heterocycles. The van der Waals surface area contributed by atoms with Gasteiger partial charge in [-0.2, -0.15) is 0 Å². The minimum Gasteiger partial charge on any atom is -0.444 e. The van der Waals surface area contributed by atoms with Gasteiger partial charge in [-0.1, -0.05) is 6.07 Å². The fourth-order valence-corrected chi connectivity index (χ4v) is 2.97. The maximum atomic E-state index is 12.7. The summed E-state index contributed by atoms with van der Waals surface area (Å²) in [5.41, 5.74) is 0.671. The van der Waals surface area contributed by atoms with Crippen molar-refractivity contribution in [1.29, 1.82) is 0 Å². The van der Waals surface area contributed by atoms with Crippen molar-refractivity contribution in [3.8, 4) is 0 Å². The third-order valence-electron chi connectivity index (χ3n) is 4.43. The molecule has 0 aliphatic carbocycles. The Bertz CT molecular complexity index is 980. The van der Waals surface area contributed by atoms with Gasteiger partial charge in [-0.25, -0.2) is 9.59 Å². The molecule has 2 N–H and O–H groups in total. The second kappa shape index (κ2) is 12.2. The summed E-state index contributed by atoms with van der Waals surface area (Å²) in [4.78, 5) is 42.7. The smallest absolute Gasteiger partial charge is 0.412 e. The monoisotopic (exact) mass is 484 g/mol. The molecule has 0 saturated carbocycles. The van der Waals surface area contributed by atoms with Gasteiger partial charge in [-0.15, -0.1) is 0 Å². The molecule has 9 nitrogen and oxygen atoms in total. The molecular weight excluding hydrogens is 448 g/mol. The van der Waals surface area contributed by atoms with Gasteiger partial charge < -0.3 is 19.7 Å². The van der Waals surface area contributed by atoms with Crippen LogP contribution in [0.4, 0.5) is 15.3 Å². The van der Waals surface area contributed by atoms with Gasteiger partial charge in [0.25, 0.3) is 5.91 Å². The van der Waals surface area contributed by atoms with Crippen molar-refractivity contribution in [2.75, 3.05) is 18.4 Å². The molecule has 0 unspecified atom stereocenters. The van der Waals surface area contributed by atoms with Crippen molar-refractivity contribution in [2.45, 2.75) is 65.7 Å². The number of rotatable bonds is 8. The van der Waals surface area contributed by atoms with Gasteiger partial charge in [-0.3, -0.25) is 15.1 Å². The lowest BCUT2D eigenvalue weighted by atomic mass is 10.2. The maximum absolute atomic E-state index is 12.7. The highest BCUT2D eigenvalue weighted by atomic mass is 16.6. The Kier molecular flexibility index (Phi) is 9.62.